The minimum atomic E-state index is -1.38. The summed E-state index contributed by atoms with van der Waals surface area (Å²) in [6, 6.07) is 36.9. The van der Waals surface area contributed by atoms with Crippen molar-refractivity contribution in [2.75, 3.05) is 26.4 Å². The third-order valence-electron chi connectivity index (χ3n) is 6.37. The van der Waals surface area contributed by atoms with Gasteiger partial charge in [-0.1, -0.05) is 121 Å². The van der Waals surface area contributed by atoms with Gasteiger partial charge in [-0.05, 0) is 27.7 Å². The summed E-state index contributed by atoms with van der Waals surface area (Å²) in [5.74, 6) is -3.13. The molecule has 6 heteroatoms. The second kappa shape index (κ2) is 16.5. The lowest BCUT2D eigenvalue weighted by Crippen LogP contribution is -2.42. The quantitative estimate of drug-likeness (QED) is 0.115. The number of benzene rings is 4. The average Bonchev–Trinajstić information content (AvgIpc) is 3.05. The zero-order chi connectivity index (χ0) is 30.3. The molecule has 0 saturated carbocycles. The molecular weight excluding hydrogens is 528 g/mol. The van der Waals surface area contributed by atoms with Gasteiger partial charge in [-0.3, -0.25) is 9.59 Å². The molecule has 0 atom stereocenters. The Kier molecular flexibility index (Phi) is 12.8. The Bertz CT molecular complexity index is 1220. The van der Waals surface area contributed by atoms with Crippen molar-refractivity contribution in [2.24, 2.45) is 0 Å². The fourth-order valence-corrected chi connectivity index (χ4v) is 4.63. The van der Waals surface area contributed by atoms with Crippen LogP contribution in [0.5, 0.6) is 0 Å². The van der Waals surface area contributed by atoms with Gasteiger partial charge in [0.1, 0.15) is 0 Å². The Balaban J connectivity index is 0.000000230. The number of ketones is 2. The van der Waals surface area contributed by atoms with Gasteiger partial charge in [0.2, 0.25) is 11.6 Å². The molecular formula is C36H40O6. The highest BCUT2D eigenvalue weighted by molar-refractivity contribution is 6.02. The average molecular weight is 569 g/mol. The van der Waals surface area contributed by atoms with E-state index in [1.54, 1.807) is 24.3 Å². The third-order valence-corrected chi connectivity index (χ3v) is 6.37. The summed E-state index contributed by atoms with van der Waals surface area (Å²) in [4.78, 5) is 26.0. The van der Waals surface area contributed by atoms with Gasteiger partial charge in [-0.25, -0.2) is 0 Å². The maximum Gasteiger partial charge on any atom is 0.261 e. The van der Waals surface area contributed by atoms with E-state index in [-0.39, 0.29) is 11.6 Å². The van der Waals surface area contributed by atoms with Crippen molar-refractivity contribution < 1.29 is 28.5 Å². The molecule has 0 aliphatic carbocycles. The Morgan fingerprint density at radius 3 is 0.905 bits per heavy atom. The van der Waals surface area contributed by atoms with Crippen molar-refractivity contribution in [1.29, 1.82) is 0 Å². The molecule has 0 saturated heterocycles. The van der Waals surface area contributed by atoms with Crippen LogP contribution in [-0.4, -0.2) is 38.0 Å². The maximum absolute atomic E-state index is 13.0. The molecule has 0 spiro atoms. The molecule has 220 valence electrons. The predicted molar refractivity (Wildman–Crippen MR) is 164 cm³/mol. The summed E-state index contributed by atoms with van der Waals surface area (Å²) in [6.45, 7) is 8.95. The summed E-state index contributed by atoms with van der Waals surface area (Å²) >= 11 is 0. The first-order valence-corrected chi connectivity index (χ1v) is 14.4. The van der Waals surface area contributed by atoms with E-state index in [2.05, 4.69) is 0 Å². The minimum absolute atomic E-state index is 0.182. The molecule has 42 heavy (non-hydrogen) atoms. The smallest absolute Gasteiger partial charge is 0.261 e. The van der Waals surface area contributed by atoms with Crippen LogP contribution >= 0.6 is 0 Å². The Morgan fingerprint density at radius 2 is 0.667 bits per heavy atom. The fraction of sp³-hybridized carbons (Fsp3) is 0.278. The highest BCUT2D eigenvalue weighted by atomic mass is 16.7. The summed E-state index contributed by atoms with van der Waals surface area (Å²) < 4.78 is 23.2. The van der Waals surface area contributed by atoms with Crippen molar-refractivity contribution in [3.63, 3.8) is 0 Å². The predicted octanol–water partition coefficient (Wildman–Crippen LogP) is 7.59. The first-order valence-electron chi connectivity index (χ1n) is 14.4. The monoisotopic (exact) mass is 568 g/mol. The Labute approximate surface area is 249 Å². The van der Waals surface area contributed by atoms with Crippen LogP contribution in [0.3, 0.4) is 0 Å². The summed E-state index contributed by atoms with van der Waals surface area (Å²) in [7, 11) is 0. The summed E-state index contributed by atoms with van der Waals surface area (Å²) in [5, 5.41) is 0. The van der Waals surface area contributed by atoms with Crippen LogP contribution in [0.15, 0.2) is 121 Å². The van der Waals surface area contributed by atoms with Crippen LogP contribution in [0.2, 0.25) is 0 Å². The van der Waals surface area contributed by atoms with Crippen LogP contribution < -0.4 is 0 Å². The minimum Gasteiger partial charge on any atom is -0.340 e. The normalized spacial score (nSPS) is 11.3. The molecule has 0 N–H and O–H groups in total. The lowest BCUT2D eigenvalue weighted by Gasteiger charge is -2.32. The Hall–Kier alpha value is -3.94. The lowest BCUT2D eigenvalue weighted by atomic mass is 9.95. The van der Waals surface area contributed by atoms with Crippen molar-refractivity contribution in [3.05, 3.63) is 144 Å². The second-order valence-electron chi connectivity index (χ2n) is 9.09. The largest absolute Gasteiger partial charge is 0.340 e. The topological polar surface area (TPSA) is 71.1 Å². The number of hydrogen-bond acceptors (Lipinski definition) is 6. The van der Waals surface area contributed by atoms with Crippen LogP contribution in [0, 0.1) is 0 Å². The number of Topliss-reactive ketones (excluding diaryl/α,β-unsaturated/α-hetero) is 2. The van der Waals surface area contributed by atoms with Gasteiger partial charge < -0.3 is 18.9 Å². The molecule has 6 nitrogen and oxygen atoms in total. The van der Waals surface area contributed by atoms with Crippen molar-refractivity contribution in [3.8, 4) is 0 Å². The van der Waals surface area contributed by atoms with E-state index in [0.29, 0.717) is 48.7 Å². The molecule has 0 fully saturated rings. The highest BCUT2D eigenvalue weighted by Crippen LogP contribution is 2.33. The highest BCUT2D eigenvalue weighted by Gasteiger charge is 2.43. The van der Waals surface area contributed by atoms with E-state index in [1.807, 2.05) is 125 Å². The summed E-state index contributed by atoms with van der Waals surface area (Å²) in [5.41, 5.74) is 2.57. The molecule has 0 radical (unpaired) electrons. The number of rotatable bonds is 14. The third kappa shape index (κ3) is 7.66. The maximum atomic E-state index is 13.0. The molecule has 0 aliphatic rings. The Morgan fingerprint density at radius 1 is 0.429 bits per heavy atom. The van der Waals surface area contributed by atoms with E-state index in [4.69, 9.17) is 18.9 Å². The van der Waals surface area contributed by atoms with Gasteiger partial charge in [0.25, 0.3) is 11.6 Å². The van der Waals surface area contributed by atoms with E-state index >= 15 is 0 Å². The molecule has 0 unspecified atom stereocenters. The number of carbonyl (C=O) groups is 2. The fourth-order valence-electron chi connectivity index (χ4n) is 4.63. The molecule has 0 aliphatic heterocycles. The SMILES string of the molecule is CCOC(OCC)(C(=O)c1ccccc1)c1ccccc1.CCOC(OCC)(C(=O)c1ccccc1)c1ccccc1. The van der Waals surface area contributed by atoms with Crippen molar-refractivity contribution in [2.45, 2.75) is 39.3 Å². The zero-order valence-corrected chi connectivity index (χ0v) is 24.8. The first kappa shape index (κ1) is 32.6. The standard InChI is InChI=1S/2C18H20O3/c2*1-3-20-18(21-4-2,16-13-9-6-10-14-16)17(19)15-11-7-5-8-12-15/h2*5-14H,3-4H2,1-2H3. The van der Waals surface area contributed by atoms with E-state index in [1.165, 1.54) is 0 Å². The molecule has 4 aromatic rings. The molecule has 0 bridgehead atoms. The molecule has 0 amide bonds. The molecule has 4 rings (SSSR count). The van der Waals surface area contributed by atoms with Crippen molar-refractivity contribution >= 4 is 11.6 Å². The van der Waals surface area contributed by atoms with Gasteiger partial charge in [0.05, 0.1) is 0 Å². The number of carbonyl (C=O) groups excluding carboxylic acids is 2. The second-order valence-corrected chi connectivity index (χ2v) is 9.09. The zero-order valence-electron chi connectivity index (χ0n) is 24.8. The molecule has 0 heterocycles. The van der Waals surface area contributed by atoms with Gasteiger partial charge >= 0.3 is 0 Å². The van der Waals surface area contributed by atoms with E-state index in [0.717, 1.165) is 0 Å². The lowest BCUT2D eigenvalue weighted by molar-refractivity contribution is -0.204. The van der Waals surface area contributed by atoms with Crippen LogP contribution in [0.1, 0.15) is 59.5 Å². The molecule has 0 aromatic heterocycles. The van der Waals surface area contributed by atoms with E-state index in [9.17, 15) is 9.59 Å². The van der Waals surface area contributed by atoms with E-state index < -0.39 is 11.6 Å². The van der Waals surface area contributed by atoms with Gasteiger partial charge in [0.15, 0.2) is 0 Å². The van der Waals surface area contributed by atoms with Crippen LogP contribution in [0.25, 0.3) is 0 Å². The number of hydrogen-bond donors (Lipinski definition) is 0. The first-order chi connectivity index (χ1) is 20.5. The summed E-state index contributed by atoms with van der Waals surface area (Å²) in [6.07, 6.45) is 0. The van der Waals surface area contributed by atoms with Gasteiger partial charge in [-0.15, -0.1) is 0 Å². The van der Waals surface area contributed by atoms with Gasteiger partial charge in [-0.2, -0.15) is 0 Å². The van der Waals surface area contributed by atoms with Crippen LogP contribution in [0.4, 0.5) is 0 Å². The van der Waals surface area contributed by atoms with Crippen molar-refractivity contribution in [1.82, 2.24) is 0 Å². The molecule has 4 aromatic carbocycles. The van der Waals surface area contributed by atoms with Crippen LogP contribution in [-0.2, 0) is 30.5 Å². The van der Waals surface area contributed by atoms with Gasteiger partial charge in [0, 0.05) is 48.7 Å². The number of ether oxygens (including phenoxy) is 4.